The summed E-state index contributed by atoms with van der Waals surface area (Å²) in [4.78, 5) is 8.73. The van der Waals surface area contributed by atoms with Crippen LogP contribution in [-0.2, 0) is 16.6 Å². The minimum absolute atomic E-state index is 0.197. The molecule has 4 aromatic rings. The second kappa shape index (κ2) is 9.06. The van der Waals surface area contributed by atoms with Crippen molar-refractivity contribution >= 4 is 20.9 Å². The number of ether oxygens (including phenoxy) is 2. The van der Waals surface area contributed by atoms with E-state index in [1.54, 1.807) is 36.4 Å². The summed E-state index contributed by atoms with van der Waals surface area (Å²) < 4.78 is 37.8. The third-order valence-corrected chi connectivity index (χ3v) is 6.12. The highest BCUT2D eigenvalue weighted by Crippen LogP contribution is 2.30. The number of fused-ring (bicyclic) bond motifs is 1. The Morgan fingerprint density at radius 1 is 1.00 bits per heavy atom. The number of nitrogens with zero attached hydrogens (tertiary/aromatic N) is 2. The third-order valence-electron chi connectivity index (χ3n) is 4.69. The molecule has 7 nitrogen and oxygen atoms in total. The van der Waals surface area contributed by atoms with Crippen LogP contribution >= 0.6 is 0 Å². The van der Waals surface area contributed by atoms with Gasteiger partial charge in [-0.15, -0.1) is 6.42 Å². The normalized spacial score (nSPS) is 11.1. The van der Waals surface area contributed by atoms with E-state index >= 15 is 0 Å². The molecule has 0 radical (unpaired) electrons. The maximum Gasteiger partial charge on any atom is 0.240 e. The van der Waals surface area contributed by atoms with Crippen molar-refractivity contribution < 1.29 is 17.9 Å². The molecule has 4 rings (SSSR count). The Labute approximate surface area is 186 Å². The van der Waals surface area contributed by atoms with E-state index in [9.17, 15) is 8.42 Å². The van der Waals surface area contributed by atoms with Gasteiger partial charge in [-0.1, -0.05) is 24.1 Å². The van der Waals surface area contributed by atoms with E-state index < -0.39 is 10.0 Å². The molecule has 1 N–H and O–H groups in total. The minimum Gasteiger partial charge on any atom is -0.489 e. The topological polar surface area (TPSA) is 90.4 Å². The van der Waals surface area contributed by atoms with Gasteiger partial charge in [0.1, 0.15) is 24.4 Å². The highest BCUT2D eigenvalue weighted by molar-refractivity contribution is 7.89. The highest BCUT2D eigenvalue weighted by atomic mass is 32.2. The first-order valence-electron chi connectivity index (χ1n) is 9.63. The Bertz CT molecular complexity index is 1410. The van der Waals surface area contributed by atoms with Crippen LogP contribution in [0.3, 0.4) is 0 Å². The molecule has 160 valence electrons. The molecule has 0 saturated heterocycles. The molecule has 1 heterocycles. The molecular formula is C24H19N3O4S. The first-order valence-corrected chi connectivity index (χ1v) is 11.1. The lowest BCUT2D eigenvalue weighted by Gasteiger charge is -2.11. The Hall–Kier alpha value is -3.93. The van der Waals surface area contributed by atoms with Crippen LogP contribution in [0.25, 0.3) is 10.9 Å². The van der Waals surface area contributed by atoms with Gasteiger partial charge in [-0.3, -0.25) is 0 Å². The molecule has 0 aliphatic heterocycles. The summed E-state index contributed by atoms with van der Waals surface area (Å²) in [5.41, 5.74) is 2.24. The van der Waals surface area contributed by atoms with Crippen LogP contribution in [0.15, 0.2) is 78.0 Å². The number of sulfonamides is 1. The molecule has 32 heavy (non-hydrogen) atoms. The molecule has 0 unspecified atom stereocenters. The van der Waals surface area contributed by atoms with Crippen molar-refractivity contribution in [3.63, 3.8) is 0 Å². The van der Waals surface area contributed by atoms with Crippen molar-refractivity contribution in [2.24, 2.45) is 0 Å². The minimum atomic E-state index is -3.47. The number of hydrogen-bond donors (Lipinski definition) is 1. The van der Waals surface area contributed by atoms with Gasteiger partial charge in [0.15, 0.2) is 0 Å². The van der Waals surface area contributed by atoms with Crippen LogP contribution in [0.5, 0.6) is 17.4 Å². The van der Waals surface area contributed by atoms with E-state index in [1.807, 2.05) is 18.2 Å². The largest absolute Gasteiger partial charge is 0.489 e. The summed E-state index contributed by atoms with van der Waals surface area (Å²) in [6.07, 6.45) is 6.89. The van der Waals surface area contributed by atoms with E-state index in [4.69, 9.17) is 15.9 Å². The molecule has 0 fully saturated rings. The molecule has 0 aliphatic rings. The fourth-order valence-electron chi connectivity index (χ4n) is 2.99. The van der Waals surface area contributed by atoms with Crippen LogP contribution in [0, 0.1) is 12.3 Å². The van der Waals surface area contributed by atoms with Gasteiger partial charge in [0.05, 0.1) is 15.8 Å². The number of aromatic nitrogens is 2. The van der Waals surface area contributed by atoms with E-state index in [-0.39, 0.29) is 11.5 Å². The van der Waals surface area contributed by atoms with Crippen LogP contribution in [-0.4, -0.2) is 25.4 Å². The molecule has 0 aliphatic carbocycles. The summed E-state index contributed by atoms with van der Waals surface area (Å²) >= 11 is 0. The average molecular weight is 446 g/mol. The standard InChI is InChI=1S/C24H19N3O4S/c1-3-17-5-4-6-20(13-17)31-24-22-14-19(9-12-23(22)26-16-27-24)30-15-18-7-10-21(11-8-18)32(28,29)25-2/h1,4-14,16,25H,15H2,2H3. The molecular weight excluding hydrogens is 426 g/mol. The maximum atomic E-state index is 11.8. The molecule has 1 aromatic heterocycles. The quantitative estimate of drug-likeness (QED) is 0.434. The van der Waals surface area contributed by atoms with Crippen molar-refractivity contribution in [3.05, 3.63) is 84.2 Å². The predicted molar refractivity (Wildman–Crippen MR) is 121 cm³/mol. The Morgan fingerprint density at radius 3 is 2.56 bits per heavy atom. The van der Waals surface area contributed by atoms with Crippen molar-refractivity contribution in [2.45, 2.75) is 11.5 Å². The lowest BCUT2D eigenvalue weighted by molar-refractivity contribution is 0.306. The van der Waals surface area contributed by atoms with Gasteiger partial charge in [-0.2, -0.15) is 0 Å². The predicted octanol–water partition coefficient (Wildman–Crippen LogP) is 3.89. The van der Waals surface area contributed by atoms with Gasteiger partial charge in [0, 0.05) is 5.56 Å². The Balaban J connectivity index is 1.54. The van der Waals surface area contributed by atoms with E-state index in [0.29, 0.717) is 33.8 Å². The van der Waals surface area contributed by atoms with Gasteiger partial charge < -0.3 is 9.47 Å². The Kier molecular flexibility index (Phi) is 6.03. The van der Waals surface area contributed by atoms with Crippen LogP contribution < -0.4 is 14.2 Å². The fraction of sp³-hybridized carbons (Fsp3) is 0.0833. The zero-order chi connectivity index (χ0) is 22.6. The molecule has 0 atom stereocenters. The fourth-order valence-corrected chi connectivity index (χ4v) is 3.72. The van der Waals surface area contributed by atoms with Gasteiger partial charge in [0.2, 0.25) is 15.9 Å². The first kappa shape index (κ1) is 21.3. The first-order chi connectivity index (χ1) is 15.5. The van der Waals surface area contributed by atoms with Crippen molar-refractivity contribution in [2.75, 3.05) is 7.05 Å². The lowest BCUT2D eigenvalue weighted by atomic mass is 10.2. The highest BCUT2D eigenvalue weighted by Gasteiger charge is 2.11. The summed E-state index contributed by atoms with van der Waals surface area (Å²) in [5, 5.41) is 0.687. The zero-order valence-electron chi connectivity index (χ0n) is 17.1. The third kappa shape index (κ3) is 4.70. The SMILES string of the molecule is C#Cc1cccc(Oc2ncnc3ccc(OCc4ccc(S(=O)(=O)NC)cc4)cc23)c1. The van der Waals surface area contributed by atoms with E-state index in [0.717, 1.165) is 5.56 Å². The van der Waals surface area contributed by atoms with Crippen molar-refractivity contribution in [1.29, 1.82) is 0 Å². The van der Waals surface area contributed by atoms with Crippen LogP contribution in [0.2, 0.25) is 0 Å². The van der Waals surface area contributed by atoms with Gasteiger partial charge in [-0.25, -0.2) is 23.1 Å². The number of rotatable bonds is 7. The maximum absolute atomic E-state index is 11.8. The number of benzene rings is 3. The smallest absolute Gasteiger partial charge is 0.240 e. The summed E-state index contributed by atoms with van der Waals surface area (Å²) in [5.74, 6) is 4.13. The summed E-state index contributed by atoms with van der Waals surface area (Å²) in [6.45, 7) is 0.263. The molecule has 0 bridgehead atoms. The average Bonchev–Trinajstić information content (AvgIpc) is 2.83. The molecule has 3 aromatic carbocycles. The zero-order valence-corrected chi connectivity index (χ0v) is 18.0. The Morgan fingerprint density at radius 2 is 1.81 bits per heavy atom. The van der Waals surface area contributed by atoms with Gasteiger partial charge >= 0.3 is 0 Å². The lowest BCUT2D eigenvalue weighted by Crippen LogP contribution is -2.18. The number of hydrogen-bond acceptors (Lipinski definition) is 6. The van der Waals surface area contributed by atoms with Crippen molar-refractivity contribution in [1.82, 2.24) is 14.7 Å². The second-order valence-corrected chi connectivity index (χ2v) is 8.66. The molecule has 8 heteroatoms. The number of nitrogens with one attached hydrogen (secondary N) is 1. The monoisotopic (exact) mass is 445 g/mol. The van der Waals surface area contributed by atoms with E-state index in [2.05, 4.69) is 20.6 Å². The van der Waals surface area contributed by atoms with Gasteiger partial charge in [0.25, 0.3) is 0 Å². The molecule has 0 saturated carbocycles. The van der Waals surface area contributed by atoms with E-state index in [1.165, 1.54) is 25.5 Å². The second-order valence-electron chi connectivity index (χ2n) is 6.77. The van der Waals surface area contributed by atoms with Crippen LogP contribution in [0.1, 0.15) is 11.1 Å². The summed E-state index contributed by atoms with van der Waals surface area (Å²) in [6, 6.07) is 19.1. The van der Waals surface area contributed by atoms with Crippen molar-refractivity contribution in [3.8, 4) is 29.7 Å². The van der Waals surface area contributed by atoms with Crippen LogP contribution in [0.4, 0.5) is 0 Å². The molecule has 0 spiro atoms. The van der Waals surface area contributed by atoms with Gasteiger partial charge in [-0.05, 0) is 61.1 Å². The number of terminal acetylenes is 1. The summed E-state index contributed by atoms with van der Waals surface area (Å²) in [7, 11) is -2.10. The molecule has 0 amide bonds.